The van der Waals surface area contributed by atoms with E-state index in [0.29, 0.717) is 17.4 Å². The number of phosphoric ester groups is 1. The molecule has 3 atom stereocenters. The van der Waals surface area contributed by atoms with Crippen molar-refractivity contribution in [3.05, 3.63) is 24.3 Å². The van der Waals surface area contributed by atoms with Crippen molar-refractivity contribution >= 4 is 13.7 Å². The normalized spacial score (nSPS) is 14.6. The highest BCUT2D eigenvalue weighted by Gasteiger charge is 2.27. The lowest BCUT2D eigenvalue weighted by molar-refractivity contribution is -0.870. The second-order valence-corrected chi connectivity index (χ2v) is 17.9. The average molecular weight is 772 g/mol. The van der Waals surface area contributed by atoms with Crippen molar-refractivity contribution < 1.29 is 32.9 Å². The first-order valence-electron chi connectivity index (χ1n) is 22.2. The van der Waals surface area contributed by atoms with E-state index in [1.54, 1.807) is 12.2 Å². The van der Waals surface area contributed by atoms with Crippen molar-refractivity contribution in [3.63, 3.8) is 0 Å². The monoisotopic (exact) mass is 772 g/mol. The number of aliphatic hydroxyl groups is 1. The summed E-state index contributed by atoms with van der Waals surface area (Å²) in [6, 6.07) is -0.872. The van der Waals surface area contributed by atoms with Gasteiger partial charge in [-0.25, -0.2) is 4.57 Å². The number of unbranched alkanes of at least 4 members (excludes halogenated alkanes) is 26. The van der Waals surface area contributed by atoms with E-state index in [9.17, 15) is 19.4 Å². The second kappa shape index (κ2) is 36.6. The molecule has 0 aromatic carbocycles. The minimum atomic E-state index is -4.34. The Bertz CT molecular complexity index is 922. The molecule has 314 valence electrons. The number of nitrogens with zero attached hydrogens (tertiary/aromatic N) is 1. The van der Waals surface area contributed by atoms with Crippen LogP contribution in [0.3, 0.4) is 0 Å². The van der Waals surface area contributed by atoms with Gasteiger partial charge in [-0.15, -0.1) is 0 Å². The molecule has 0 spiro atoms. The summed E-state index contributed by atoms with van der Waals surface area (Å²) in [6.07, 6.45) is 42.8. The summed E-state index contributed by atoms with van der Waals surface area (Å²) >= 11 is 0. The van der Waals surface area contributed by atoms with E-state index in [4.69, 9.17) is 9.05 Å². The molecule has 0 fully saturated rings. The summed E-state index contributed by atoms with van der Waals surface area (Å²) in [5.41, 5.74) is 0. The Kier molecular flexibility index (Phi) is 35.9. The number of aliphatic hydroxyl groups excluding tert-OH is 1. The van der Waals surface area contributed by atoms with Gasteiger partial charge in [0.05, 0.1) is 39.9 Å². The van der Waals surface area contributed by atoms with E-state index in [-0.39, 0.29) is 19.1 Å². The summed E-state index contributed by atoms with van der Waals surface area (Å²) in [7, 11) is 1.55. The van der Waals surface area contributed by atoms with Crippen LogP contribution in [0.15, 0.2) is 24.3 Å². The predicted octanol–water partition coefficient (Wildman–Crippen LogP) is 12.1. The maximum atomic E-state index is 12.8. The zero-order valence-electron chi connectivity index (χ0n) is 35.5. The minimum Gasteiger partial charge on any atom is -0.387 e. The maximum absolute atomic E-state index is 12.8. The molecule has 53 heavy (non-hydrogen) atoms. The van der Waals surface area contributed by atoms with Crippen LogP contribution in [0.1, 0.15) is 200 Å². The third-order valence-electron chi connectivity index (χ3n) is 9.98. The van der Waals surface area contributed by atoms with Crippen molar-refractivity contribution in [2.24, 2.45) is 0 Å². The van der Waals surface area contributed by atoms with E-state index >= 15 is 0 Å². The van der Waals surface area contributed by atoms with Gasteiger partial charge in [-0.05, 0) is 19.3 Å². The molecule has 0 bridgehead atoms. The molecule has 0 saturated heterocycles. The van der Waals surface area contributed by atoms with Gasteiger partial charge >= 0.3 is 7.82 Å². The summed E-state index contributed by atoms with van der Waals surface area (Å²) < 4.78 is 23.4. The van der Waals surface area contributed by atoms with Crippen LogP contribution in [-0.4, -0.2) is 73.4 Å². The van der Waals surface area contributed by atoms with E-state index < -0.39 is 20.0 Å². The van der Waals surface area contributed by atoms with Crippen LogP contribution in [-0.2, 0) is 18.4 Å². The van der Waals surface area contributed by atoms with Gasteiger partial charge in [0.15, 0.2) is 0 Å². The van der Waals surface area contributed by atoms with Gasteiger partial charge in [0.2, 0.25) is 5.91 Å². The molecule has 0 aromatic heterocycles. The van der Waals surface area contributed by atoms with Crippen LogP contribution in [0.4, 0.5) is 0 Å². The molecule has 0 aromatic rings. The fraction of sp³-hybridized carbons (Fsp3) is 0.886. The van der Waals surface area contributed by atoms with Crippen LogP contribution >= 0.6 is 7.82 Å². The molecule has 1 amide bonds. The molecule has 0 rings (SSSR count). The molecule has 8 nitrogen and oxygen atoms in total. The van der Waals surface area contributed by atoms with Crippen LogP contribution in [0.5, 0.6) is 0 Å². The molecule has 0 aliphatic rings. The van der Waals surface area contributed by atoms with Crippen molar-refractivity contribution in [1.29, 1.82) is 0 Å². The summed E-state index contributed by atoms with van der Waals surface area (Å²) in [6.45, 7) is 4.74. The molecule has 0 aliphatic carbocycles. The number of hydrogen-bond donors (Lipinski definition) is 3. The van der Waals surface area contributed by atoms with Crippen molar-refractivity contribution in [2.45, 2.75) is 212 Å². The molecular weight excluding hydrogens is 683 g/mol. The Morgan fingerprint density at radius 2 is 1.06 bits per heavy atom. The number of likely N-dealkylation sites (N-methyl/N-ethyl adjacent to an activating group) is 1. The summed E-state index contributed by atoms with van der Waals surface area (Å²) in [5.74, 6) is -0.194. The number of carbonyl (C=O) groups is 1. The molecule has 0 saturated carbocycles. The number of carbonyl (C=O) groups excluding carboxylic acids is 1. The standard InChI is InChI=1S/C44H87N2O6P/c1-6-8-10-12-14-16-17-18-19-20-21-22-23-24-25-26-27-28-30-32-34-36-38-44(48)45-42(41-52-53(49,50)51-40-39-46(3,4)5)43(47)37-35-33-31-29-15-13-11-9-7-2/h31,33,35,37,42-43,47H,6-30,32,34,36,38-41H2,1-5H3,(H-,45,48,49,50)/p+1/b33-31+,37-35+/t42-,43+/m0/s1. The van der Waals surface area contributed by atoms with E-state index in [1.165, 1.54) is 148 Å². The van der Waals surface area contributed by atoms with Crippen molar-refractivity contribution in [3.8, 4) is 0 Å². The van der Waals surface area contributed by atoms with Crippen molar-refractivity contribution in [2.75, 3.05) is 40.9 Å². The Labute approximate surface area is 328 Å². The van der Waals surface area contributed by atoms with Gasteiger partial charge < -0.3 is 19.8 Å². The Morgan fingerprint density at radius 3 is 1.49 bits per heavy atom. The van der Waals surface area contributed by atoms with Gasteiger partial charge in [-0.3, -0.25) is 13.8 Å². The highest BCUT2D eigenvalue weighted by atomic mass is 31.2. The third-order valence-corrected chi connectivity index (χ3v) is 11.0. The lowest BCUT2D eigenvalue weighted by atomic mass is 10.0. The summed E-state index contributed by atoms with van der Waals surface area (Å²) in [5, 5.41) is 13.7. The molecular formula is C44H88N2O6P+. The number of quaternary nitrogens is 1. The van der Waals surface area contributed by atoms with Gasteiger partial charge in [-0.2, -0.15) is 0 Å². The lowest BCUT2D eigenvalue weighted by Gasteiger charge is -2.25. The van der Waals surface area contributed by atoms with Gasteiger partial charge in [-0.1, -0.05) is 199 Å². The number of allylic oxidation sites excluding steroid dienone is 3. The van der Waals surface area contributed by atoms with Crippen LogP contribution in [0, 0.1) is 0 Å². The molecule has 1 unspecified atom stereocenters. The Balaban J connectivity index is 4.22. The smallest absolute Gasteiger partial charge is 0.387 e. The van der Waals surface area contributed by atoms with E-state index in [2.05, 4.69) is 25.2 Å². The maximum Gasteiger partial charge on any atom is 0.472 e. The first-order valence-corrected chi connectivity index (χ1v) is 23.7. The molecule has 3 N–H and O–H groups in total. The lowest BCUT2D eigenvalue weighted by Crippen LogP contribution is -2.45. The van der Waals surface area contributed by atoms with Gasteiger partial charge in [0.1, 0.15) is 13.2 Å². The van der Waals surface area contributed by atoms with Crippen molar-refractivity contribution in [1.82, 2.24) is 5.32 Å². The quantitative estimate of drug-likeness (QED) is 0.0248. The molecule has 0 aliphatic heterocycles. The highest BCUT2D eigenvalue weighted by Crippen LogP contribution is 2.43. The predicted molar refractivity (Wildman–Crippen MR) is 226 cm³/mol. The van der Waals surface area contributed by atoms with Gasteiger partial charge in [0, 0.05) is 6.42 Å². The van der Waals surface area contributed by atoms with Crippen LogP contribution < -0.4 is 5.32 Å². The fourth-order valence-electron chi connectivity index (χ4n) is 6.39. The van der Waals surface area contributed by atoms with Gasteiger partial charge in [0.25, 0.3) is 0 Å². The zero-order chi connectivity index (χ0) is 39.3. The fourth-order valence-corrected chi connectivity index (χ4v) is 7.13. The Morgan fingerprint density at radius 1 is 0.642 bits per heavy atom. The van der Waals surface area contributed by atoms with Crippen LogP contribution in [0.25, 0.3) is 0 Å². The third kappa shape index (κ3) is 39.0. The van der Waals surface area contributed by atoms with Crippen LogP contribution in [0.2, 0.25) is 0 Å². The number of amides is 1. The zero-order valence-corrected chi connectivity index (χ0v) is 36.4. The second-order valence-electron chi connectivity index (χ2n) is 16.5. The average Bonchev–Trinajstić information content (AvgIpc) is 3.10. The number of rotatable bonds is 40. The van der Waals surface area contributed by atoms with E-state index in [0.717, 1.165) is 32.1 Å². The first kappa shape index (κ1) is 52.0. The molecule has 0 heterocycles. The molecule has 0 radical (unpaired) electrons. The number of phosphoric acid groups is 1. The SMILES string of the molecule is CCCCCCC/C=C/C=C/[C@@H](O)[C@H](COP(=O)(O)OCC[N+](C)(C)C)NC(=O)CCCCCCCCCCCCCCCCCCCCCCCC. The first-order chi connectivity index (χ1) is 25.5. The number of nitrogens with one attached hydrogen (secondary N) is 1. The topological polar surface area (TPSA) is 105 Å². The molecule has 9 heteroatoms. The van der Waals surface area contributed by atoms with E-state index in [1.807, 2.05) is 27.2 Å². The summed E-state index contributed by atoms with van der Waals surface area (Å²) in [4.78, 5) is 23.0. The minimum absolute atomic E-state index is 0.0551. The number of hydrogen-bond acceptors (Lipinski definition) is 5. The largest absolute Gasteiger partial charge is 0.472 e. The Hall–Kier alpha value is -1.02. The highest BCUT2D eigenvalue weighted by molar-refractivity contribution is 7.47.